The number of nitrogens with one attached hydrogen (secondary N) is 1. The second-order valence-corrected chi connectivity index (χ2v) is 12.4. The van der Waals surface area contributed by atoms with E-state index in [0.717, 1.165) is 41.8 Å². The molecule has 0 saturated heterocycles. The lowest BCUT2D eigenvalue weighted by Gasteiger charge is -2.35. The smallest absolute Gasteiger partial charge is 0.333 e. The zero-order chi connectivity index (χ0) is 32.8. The van der Waals surface area contributed by atoms with Crippen LogP contribution in [0.1, 0.15) is 62.1 Å². The van der Waals surface area contributed by atoms with Crippen LogP contribution in [0.15, 0.2) is 85.2 Å². The van der Waals surface area contributed by atoms with E-state index in [0.29, 0.717) is 40.3 Å². The molecule has 4 heterocycles. The summed E-state index contributed by atoms with van der Waals surface area (Å²) in [6.07, 6.45) is 4.04. The molecule has 1 atom stereocenters. The summed E-state index contributed by atoms with van der Waals surface area (Å²) in [5.74, 6) is -0.437. The van der Waals surface area contributed by atoms with E-state index in [9.17, 15) is 18.4 Å². The third kappa shape index (κ3) is 5.52. The number of hydrogen-bond donors (Lipinski definition) is 1. The van der Waals surface area contributed by atoms with Gasteiger partial charge in [-0.25, -0.2) is 4.68 Å². The highest BCUT2D eigenvalue weighted by molar-refractivity contribution is 6.12. The number of carbonyl (C=O) groups is 2. The minimum absolute atomic E-state index is 0.0141. The minimum atomic E-state index is -2.84. The van der Waals surface area contributed by atoms with Crippen molar-refractivity contribution in [3.63, 3.8) is 0 Å². The maximum Gasteiger partial charge on any atom is 0.333 e. The molecule has 8 nitrogen and oxygen atoms in total. The molecule has 5 aromatic rings. The van der Waals surface area contributed by atoms with Crippen molar-refractivity contribution >= 4 is 23.2 Å². The largest absolute Gasteiger partial charge is 0.347 e. The molecule has 2 aromatic heterocycles. The van der Waals surface area contributed by atoms with Crippen molar-refractivity contribution in [3.05, 3.63) is 124 Å². The van der Waals surface area contributed by atoms with Crippen LogP contribution in [-0.4, -0.2) is 43.6 Å². The Morgan fingerprint density at radius 1 is 0.936 bits per heavy atom. The Morgan fingerprint density at radius 3 is 2.43 bits per heavy atom. The maximum absolute atomic E-state index is 14.5. The summed E-state index contributed by atoms with van der Waals surface area (Å²) in [4.78, 5) is 32.3. The van der Waals surface area contributed by atoms with Crippen LogP contribution < -0.4 is 10.2 Å². The van der Waals surface area contributed by atoms with Gasteiger partial charge in [0.2, 0.25) is 0 Å². The SMILES string of the molecule is Cc1c(C(=O)N(c2ccccc2)c2cnn(C(F)F)c2)cc(-c2cc3c(cc2C(=O)N2Cc4ccccc4C[C@H]2C)CNCC3)n1C. The fourth-order valence-electron chi connectivity index (χ4n) is 6.83. The number of rotatable bonds is 6. The van der Waals surface area contributed by atoms with Crippen molar-refractivity contribution < 1.29 is 18.4 Å². The van der Waals surface area contributed by atoms with Gasteiger partial charge in [0.15, 0.2) is 0 Å². The molecule has 1 N–H and O–H groups in total. The monoisotopic (exact) mass is 634 g/mol. The molecule has 0 saturated carbocycles. The van der Waals surface area contributed by atoms with E-state index < -0.39 is 6.55 Å². The van der Waals surface area contributed by atoms with Gasteiger partial charge in [0.25, 0.3) is 11.8 Å². The third-order valence-corrected chi connectivity index (χ3v) is 9.53. The number of nitrogens with zero attached hydrogens (tertiary/aromatic N) is 5. The number of amides is 2. The molecule has 2 aliphatic heterocycles. The van der Waals surface area contributed by atoms with Gasteiger partial charge < -0.3 is 14.8 Å². The average Bonchev–Trinajstić information content (AvgIpc) is 3.69. The van der Waals surface area contributed by atoms with Crippen LogP contribution in [-0.2, 0) is 33.0 Å². The fraction of sp³-hybridized carbons (Fsp3) is 0.270. The van der Waals surface area contributed by atoms with Crippen molar-refractivity contribution in [2.45, 2.75) is 52.4 Å². The Balaban J connectivity index is 1.33. The van der Waals surface area contributed by atoms with E-state index in [-0.39, 0.29) is 23.5 Å². The predicted octanol–water partition coefficient (Wildman–Crippen LogP) is 6.80. The topological polar surface area (TPSA) is 75.4 Å². The Hall–Kier alpha value is -5.09. The van der Waals surface area contributed by atoms with Crippen molar-refractivity contribution in [3.8, 4) is 11.3 Å². The van der Waals surface area contributed by atoms with Crippen LogP contribution in [0.4, 0.5) is 20.2 Å². The summed E-state index contributed by atoms with van der Waals surface area (Å²) in [5.41, 5.74) is 8.61. The fourth-order valence-corrected chi connectivity index (χ4v) is 6.83. The number of anilines is 2. The zero-order valence-corrected chi connectivity index (χ0v) is 26.6. The Bertz CT molecular complexity index is 1980. The highest BCUT2D eigenvalue weighted by atomic mass is 19.3. The first kappa shape index (κ1) is 30.6. The number of alkyl halides is 2. The molecule has 2 amide bonds. The summed E-state index contributed by atoms with van der Waals surface area (Å²) in [5, 5.41) is 7.21. The Labute approximate surface area is 272 Å². The van der Waals surface area contributed by atoms with E-state index in [1.807, 2.05) is 53.8 Å². The third-order valence-electron chi connectivity index (χ3n) is 9.53. The number of fused-ring (bicyclic) bond motifs is 2. The lowest BCUT2D eigenvalue weighted by Crippen LogP contribution is -2.43. The summed E-state index contributed by atoms with van der Waals surface area (Å²) in [6.45, 7) is 3.16. The molecule has 0 bridgehead atoms. The summed E-state index contributed by atoms with van der Waals surface area (Å²) in [6, 6.07) is 23.1. The first-order chi connectivity index (χ1) is 22.7. The predicted molar refractivity (Wildman–Crippen MR) is 177 cm³/mol. The van der Waals surface area contributed by atoms with E-state index >= 15 is 0 Å². The first-order valence-corrected chi connectivity index (χ1v) is 15.8. The van der Waals surface area contributed by atoms with Crippen molar-refractivity contribution in [1.29, 1.82) is 0 Å². The second kappa shape index (κ2) is 12.3. The molecule has 0 unspecified atom stereocenters. The molecule has 2 aliphatic rings. The van der Waals surface area contributed by atoms with Crippen LogP contribution in [0.3, 0.4) is 0 Å². The van der Waals surface area contributed by atoms with Crippen molar-refractivity contribution in [1.82, 2.24) is 24.6 Å². The highest BCUT2D eigenvalue weighted by Crippen LogP contribution is 2.36. The molecule has 10 heteroatoms. The van der Waals surface area contributed by atoms with E-state index in [1.165, 1.54) is 28.4 Å². The zero-order valence-electron chi connectivity index (χ0n) is 26.6. The number of benzene rings is 3. The molecule has 3 aromatic carbocycles. The Morgan fingerprint density at radius 2 is 1.68 bits per heavy atom. The molecule has 240 valence electrons. The van der Waals surface area contributed by atoms with Gasteiger partial charge >= 0.3 is 6.55 Å². The summed E-state index contributed by atoms with van der Waals surface area (Å²) < 4.78 is 29.5. The summed E-state index contributed by atoms with van der Waals surface area (Å²) in [7, 11) is 1.89. The van der Waals surface area contributed by atoms with Crippen LogP contribution in [0.2, 0.25) is 0 Å². The normalized spacial score (nSPS) is 15.8. The van der Waals surface area contributed by atoms with Gasteiger partial charge in [0, 0.05) is 54.4 Å². The van der Waals surface area contributed by atoms with Crippen LogP contribution in [0, 0.1) is 6.92 Å². The second-order valence-electron chi connectivity index (χ2n) is 12.4. The number of carbonyl (C=O) groups excluding carboxylic acids is 2. The number of para-hydroxylation sites is 1. The molecule has 0 fully saturated rings. The molecule has 0 aliphatic carbocycles. The van der Waals surface area contributed by atoms with Crippen molar-refractivity contribution in [2.75, 3.05) is 11.4 Å². The maximum atomic E-state index is 14.5. The van der Waals surface area contributed by atoms with Crippen molar-refractivity contribution in [2.24, 2.45) is 7.05 Å². The van der Waals surface area contributed by atoms with Gasteiger partial charge in [-0.1, -0.05) is 42.5 Å². The highest BCUT2D eigenvalue weighted by Gasteiger charge is 2.32. The van der Waals surface area contributed by atoms with Gasteiger partial charge in [-0.2, -0.15) is 13.9 Å². The average molecular weight is 635 g/mol. The van der Waals surface area contributed by atoms with Crippen LogP contribution >= 0.6 is 0 Å². The molecule has 47 heavy (non-hydrogen) atoms. The number of hydrogen-bond acceptors (Lipinski definition) is 4. The molecular weight excluding hydrogens is 598 g/mol. The van der Waals surface area contributed by atoms with Gasteiger partial charge in [0.1, 0.15) is 0 Å². The quantitative estimate of drug-likeness (QED) is 0.223. The van der Waals surface area contributed by atoms with Gasteiger partial charge in [-0.05, 0) is 85.8 Å². The lowest BCUT2D eigenvalue weighted by molar-refractivity contribution is 0.0566. The van der Waals surface area contributed by atoms with E-state index in [1.54, 1.807) is 24.3 Å². The van der Waals surface area contributed by atoms with Gasteiger partial charge in [-0.15, -0.1) is 0 Å². The first-order valence-electron chi connectivity index (χ1n) is 15.8. The van der Waals surface area contributed by atoms with Gasteiger partial charge in [0.05, 0.1) is 23.6 Å². The molecule has 7 rings (SSSR count). The van der Waals surface area contributed by atoms with Crippen LogP contribution in [0.5, 0.6) is 0 Å². The van der Waals surface area contributed by atoms with E-state index in [2.05, 4.69) is 35.5 Å². The Kier molecular flexibility index (Phi) is 7.97. The van der Waals surface area contributed by atoms with Crippen LogP contribution in [0.25, 0.3) is 11.3 Å². The standard InChI is InChI=1S/C37H36F2N6O2/c1-23-15-25-9-7-8-10-27(25)21-43(23)35(46)33-17-28-19-40-14-13-26(28)16-32(33)34-18-31(24(2)42(34)3)36(47)45(29-11-5-4-6-12-29)30-20-41-44(22-30)37(38)39/h4-12,16-18,20,22-23,37,40H,13-15,19,21H2,1-3H3/t23-/m1/s1. The van der Waals surface area contributed by atoms with E-state index in [4.69, 9.17) is 0 Å². The molecular formula is C37H36F2N6O2. The molecule has 0 spiro atoms. The van der Waals surface area contributed by atoms with Gasteiger partial charge in [-0.3, -0.25) is 14.5 Å². The molecule has 0 radical (unpaired) electrons. The number of halogens is 2. The minimum Gasteiger partial charge on any atom is -0.347 e. The summed E-state index contributed by atoms with van der Waals surface area (Å²) >= 11 is 0. The lowest BCUT2D eigenvalue weighted by atomic mass is 9.90. The number of aromatic nitrogens is 3.